The van der Waals surface area contributed by atoms with Crippen molar-refractivity contribution in [2.45, 2.75) is 13.2 Å². The first-order valence-corrected chi connectivity index (χ1v) is 5.49. The van der Waals surface area contributed by atoms with E-state index in [0.29, 0.717) is 0 Å². The number of hydrogen-bond donors (Lipinski definition) is 0. The lowest BCUT2D eigenvalue weighted by atomic mass is 10.2. The lowest BCUT2D eigenvalue weighted by Crippen LogP contribution is -2.15. The van der Waals surface area contributed by atoms with Gasteiger partial charge in [-0.15, -0.1) is 0 Å². The molecule has 0 saturated carbocycles. The minimum atomic E-state index is 0.742. The highest BCUT2D eigenvalue weighted by Crippen LogP contribution is 2.25. The average molecular weight is 252 g/mol. The highest BCUT2D eigenvalue weighted by Gasteiger charge is 2.12. The van der Waals surface area contributed by atoms with E-state index >= 15 is 0 Å². The van der Waals surface area contributed by atoms with Gasteiger partial charge in [-0.3, -0.25) is 0 Å². The fourth-order valence-corrected chi connectivity index (χ4v) is 2.35. The summed E-state index contributed by atoms with van der Waals surface area (Å²) in [6.45, 7) is 2.53. The third-order valence-electron chi connectivity index (χ3n) is 2.66. The van der Waals surface area contributed by atoms with Crippen LogP contribution in [0.2, 0.25) is 0 Å². The van der Waals surface area contributed by atoms with Crippen molar-refractivity contribution in [2.75, 3.05) is 6.61 Å². The average Bonchev–Trinajstić information content (AvgIpc) is 2.56. The molecule has 3 rings (SSSR count). The molecular formula is C11H10BrNO. The van der Waals surface area contributed by atoms with Crippen molar-refractivity contribution in [3.8, 4) is 0 Å². The van der Waals surface area contributed by atoms with Crippen LogP contribution in [-0.2, 0) is 17.9 Å². The largest absolute Gasteiger partial charge is 0.373 e. The molecule has 3 heteroatoms. The van der Waals surface area contributed by atoms with Crippen molar-refractivity contribution in [2.24, 2.45) is 0 Å². The Morgan fingerprint density at radius 3 is 3.14 bits per heavy atom. The van der Waals surface area contributed by atoms with Crippen molar-refractivity contribution >= 4 is 26.8 Å². The van der Waals surface area contributed by atoms with E-state index in [2.05, 4.69) is 44.8 Å². The van der Waals surface area contributed by atoms with Crippen LogP contribution in [-0.4, -0.2) is 11.2 Å². The first-order valence-electron chi connectivity index (χ1n) is 4.70. The Hall–Kier alpha value is -0.800. The lowest BCUT2D eigenvalue weighted by molar-refractivity contribution is 0.0865. The second kappa shape index (κ2) is 3.11. The summed E-state index contributed by atoms with van der Waals surface area (Å²) in [4.78, 5) is 0. The Balaban J connectivity index is 2.32. The first-order chi connectivity index (χ1) is 6.84. The second-order valence-corrected chi connectivity index (χ2v) is 4.46. The Bertz CT molecular complexity index is 489. The molecule has 1 aromatic heterocycles. The summed E-state index contributed by atoms with van der Waals surface area (Å²) in [5.74, 6) is 0. The zero-order valence-corrected chi connectivity index (χ0v) is 9.25. The van der Waals surface area contributed by atoms with Gasteiger partial charge in [-0.1, -0.05) is 22.0 Å². The van der Waals surface area contributed by atoms with E-state index < -0.39 is 0 Å². The summed E-state index contributed by atoms with van der Waals surface area (Å²) in [6.07, 6.45) is 0. The highest BCUT2D eigenvalue weighted by molar-refractivity contribution is 9.10. The van der Waals surface area contributed by atoms with Crippen molar-refractivity contribution in [3.63, 3.8) is 0 Å². The number of hydrogen-bond acceptors (Lipinski definition) is 1. The molecule has 0 spiro atoms. The zero-order chi connectivity index (χ0) is 9.54. The number of aromatic nitrogens is 1. The summed E-state index contributed by atoms with van der Waals surface area (Å²) in [5.41, 5.74) is 2.59. The number of fused-ring (bicyclic) bond motifs is 3. The molecule has 14 heavy (non-hydrogen) atoms. The SMILES string of the molecule is Brc1ccc2cc3n(c2c1)CCOC3. The van der Waals surface area contributed by atoms with Gasteiger partial charge in [0.05, 0.1) is 13.2 Å². The van der Waals surface area contributed by atoms with Crippen LogP contribution in [0.3, 0.4) is 0 Å². The lowest BCUT2D eigenvalue weighted by Gasteiger charge is -2.16. The van der Waals surface area contributed by atoms with Crippen molar-refractivity contribution in [3.05, 3.63) is 34.4 Å². The monoisotopic (exact) mass is 251 g/mol. The number of benzene rings is 1. The van der Waals surface area contributed by atoms with Gasteiger partial charge in [-0.2, -0.15) is 0 Å². The van der Waals surface area contributed by atoms with Gasteiger partial charge in [-0.05, 0) is 18.2 Å². The topological polar surface area (TPSA) is 14.2 Å². The minimum Gasteiger partial charge on any atom is -0.373 e. The second-order valence-electron chi connectivity index (χ2n) is 3.54. The Morgan fingerprint density at radius 1 is 1.29 bits per heavy atom. The normalized spacial score (nSPS) is 15.8. The smallest absolute Gasteiger partial charge is 0.0869 e. The molecule has 1 aliphatic heterocycles. The van der Waals surface area contributed by atoms with Gasteiger partial charge in [0.2, 0.25) is 0 Å². The fourth-order valence-electron chi connectivity index (χ4n) is 2.00. The standard InChI is InChI=1S/C11H10BrNO/c12-9-2-1-8-5-10-7-14-4-3-13(10)11(8)6-9/h1-2,5-6H,3-4,7H2. The molecule has 0 N–H and O–H groups in total. The molecule has 1 aromatic carbocycles. The number of nitrogens with zero attached hydrogens (tertiary/aromatic N) is 1. The van der Waals surface area contributed by atoms with Crippen LogP contribution < -0.4 is 0 Å². The van der Waals surface area contributed by atoms with E-state index in [0.717, 1.165) is 24.2 Å². The zero-order valence-electron chi connectivity index (χ0n) is 7.66. The molecule has 0 bridgehead atoms. The molecule has 2 aromatic rings. The van der Waals surface area contributed by atoms with E-state index in [4.69, 9.17) is 4.74 Å². The molecule has 0 amide bonds. The van der Waals surface area contributed by atoms with Crippen LogP contribution in [0.1, 0.15) is 5.69 Å². The third kappa shape index (κ3) is 1.20. The van der Waals surface area contributed by atoms with Crippen molar-refractivity contribution < 1.29 is 4.74 Å². The maximum Gasteiger partial charge on any atom is 0.0869 e. The number of rotatable bonds is 0. The summed E-state index contributed by atoms with van der Waals surface area (Å²) in [6, 6.07) is 8.60. The summed E-state index contributed by atoms with van der Waals surface area (Å²) < 4.78 is 8.90. The van der Waals surface area contributed by atoms with Crippen LogP contribution >= 0.6 is 15.9 Å². The fraction of sp³-hybridized carbons (Fsp3) is 0.273. The Labute approximate surface area is 90.6 Å². The number of halogens is 1. The predicted molar refractivity (Wildman–Crippen MR) is 59.3 cm³/mol. The maximum absolute atomic E-state index is 5.42. The van der Waals surface area contributed by atoms with Gasteiger partial charge in [0, 0.05) is 27.6 Å². The molecule has 0 saturated heterocycles. The first kappa shape index (κ1) is 8.50. The van der Waals surface area contributed by atoms with Crippen molar-refractivity contribution in [1.29, 1.82) is 0 Å². The molecule has 1 aliphatic rings. The van der Waals surface area contributed by atoms with Gasteiger partial charge < -0.3 is 9.30 Å². The van der Waals surface area contributed by atoms with E-state index in [1.165, 1.54) is 16.6 Å². The van der Waals surface area contributed by atoms with Crippen LogP contribution in [0.4, 0.5) is 0 Å². The molecule has 0 fully saturated rings. The molecule has 0 aliphatic carbocycles. The highest BCUT2D eigenvalue weighted by atomic mass is 79.9. The molecule has 2 heterocycles. The summed E-state index contributed by atoms with van der Waals surface area (Å²) in [5, 5.41) is 1.30. The molecule has 72 valence electrons. The molecule has 2 nitrogen and oxygen atoms in total. The quantitative estimate of drug-likeness (QED) is 0.703. The van der Waals surface area contributed by atoms with Crippen molar-refractivity contribution in [1.82, 2.24) is 4.57 Å². The van der Waals surface area contributed by atoms with E-state index in [-0.39, 0.29) is 0 Å². The molecule has 0 unspecified atom stereocenters. The van der Waals surface area contributed by atoms with Crippen LogP contribution in [0.15, 0.2) is 28.7 Å². The third-order valence-corrected chi connectivity index (χ3v) is 3.15. The van der Waals surface area contributed by atoms with Gasteiger partial charge in [0.25, 0.3) is 0 Å². The van der Waals surface area contributed by atoms with Gasteiger partial charge in [0.15, 0.2) is 0 Å². The van der Waals surface area contributed by atoms with Gasteiger partial charge in [0.1, 0.15) is 0 Å². The summed E-state index contributed by atoms with van der Waals surface area (Å²) >= 11 is 3.50. The Morgan fingerprint density at radius 2 is 2.21 bits per heavy atom. The Kier molecular flexibility index (Phi) is 1.89. The molecule has 0 radical (unpaired) electrons. The van der Waals surface area contributed by atoms with Gasteiger partial charge >= 0.3 is 0 Å². The molecular weight excluding hydrogens is 242 g/mol. The van der Waals surface area contributed by atoms with Crippen LogP contribution in [0, 0.1) is 0 Å². The minimum absolute atomic E-state index is 0.742. The van der Waals surface area contributed by atoms with E-state index in [9.17, 15) is 0 Å². The predicted octanol–water partition coefficient (Wildman–Crippen LogP) is 2.93. The summed E-state index contributed by atoms with van der Waals surface area (Å²) in [7, 11) is 0. The van der Waals surface area contributed by atoms with E-state index in [1.54, 1.807) is 0 Å². The maximum atomic E-state index is 5.42. The number of ether oxygens (including phenoxy) is 1. The molecule has 0 atom stereocenters. The van der Waals surface area contributed by atoms with Crippen LogP contribution in [0.5, 0.6) is 0 Å². The van der Waals surface area contributed by atoms with Gasteiger partial charge in [-0.25, -0.2) is 0 Å². The van der Waals surface area contributed by atoms with E-state index in [1.807, 2.05) is 0 Å². The van der Waals surface area contributed by atoms with Crippen LogP contribution in [0.25, 0.3) is 10.9 Å².